The zero-order chi connectivity index (χ0) is 17.3. The Morgan fingerprint density at radius 3 is 2.38 bits per heavy atom. The molecule has 0 heterocycles. The maximum Gasteiger partial charge on any atom is 0.264 e. The van der Waals surface area contributed by atoms with Gasteiger partial charge >= 0.3 is 0 Å². The molecule has 0 spiro atoms. The molecule has 0 saturated heterocycles. The summed E-state index contributed by atoms with van der Waals surface area (Å²) in [6.45, 7) is 3.88. The van der Waals surface area contributed by atoms with E-state index < -0.39 is 10.0 Å². The Morgan fingerprint density at radius 2 is 1.67 bits per heavy atom. The van der Waals surface area contributed by atoms with Gasteiger partial charge in [0.25, 0.3) is 10.0 Å². The summed E-state index contributed by atoms with van der Waals surface area (Å²) in [6.07, 6.45) is 0. The second kappa shape index (κ2) is 6.17. The van der Waals surface area contributed by atoms with Crippen LogP contribution in [0.1, 0.15) is 12.5 Å². The van der Waals surface area contributed by atoms with Gasteiger partial charge in [-0.05, 0) is 48.4 Å². The van der Waals surface area contributed by atoms with Crippen LogP contribution in [0.25, 0.3) is 10.8 Å². The van der Waals surface area contributed by atoms with Crippen LogP contribution in [0, 0.1) is 6.92 Å². The molecule has 4 nitrogen and oxygen atoms in total. The van der Waals surface area contributed by atoms with Gasteiger partial charge in [-0.25, -0.2) is 8.42 Å². The third-order valence-corrected chi connectivity index (χ3v) is 5.94. The number of aryl methyl sites for hydroxylation is 1. The lowest BCUT2D eigenvalue weighted by atomic mass is 10.1. The van der Waals surface area contributed by atoms with Gasteiger partial charge in [-0.3, -0.25) is 4.31 Å². The molecule has 0 radical (unpaired) electrons. The van der Waals surface area contributed by atoms with Crippen molar-refractivity contribution in [3.05, 3.63) is 66.2 Å². The fourth-order valence-electron chi connectivity index (χ4n) is 2.79. The topological polar surface area (TPSA) is 57.6 Å². The SMILES string of the molecule is CCN(c1cc(O)ccc1C)S(=O)(=O)c1ccc2ccccc2c1. The maximum absolute atomic E-state index is 13.1. The lowest BCUT2D eigenvalue weighted by Gasteiger charge is -2.25. The normalized spacial score (nSPS) is 11.6. The number of rotatable bonds is 4. The number of hydrogen-bond donors (Lipinski definition) is 1. The van der Waals surface area contributed by atoms with E-state index in [2.05, 4.69) is 0 Å². The first-order valence-electron chi connectivity index (χ1n) is 7.74. The van der Waals surface area contributed by atoms with Gasteiger partial charge in [-0.15, -0.1) is 0 Å². The fraction of sp³-hybridized carbons (Fsp3) is 0.158. The molecule has 0 aliphatic carbocycles. The van der Waals surface area contributed by atoms with Gasteiger partial charge in [0.2, 0.25) is 0 Å². The average Bonchev–Trinajstić information content (AvgIpc) is 2.58. The molecule has 0 atom stereocenters. The number of aromatic hydroxyl groups is 1. The lowest BCUT2D eigenvalue weighted by Crippen LogP contribution is -2.31. The minimum Gasteiger partial charge on any atom is -0.508 e. The van der Waals surface area contributed by atoms with Crippen LogP contribution in [0.4, 0.5) is 5.69 Å². The molecule has 0 fully saturated rings. The predicted molar refractivity (Wildman–Crippen MR) is 97.0 cm³/mol. The molecule has 0 bridgehead atoms. The van der Waals surface area contributed by atoms with Crippen molar-refractivity contribution in [3.63, 3.8) is 0 Å². The Bertz CT molecular complexity index is 996. The summed E-state index contributed by atoms with van der Waals surface area (Å²) < 4.78 is 27.6. The van der Waals surface area contributed by atoms with Crippen LogP contribution in [0.5, 0.6) is 5.75 Å². The van der Waals surface area contributed by atoms with Gasteiger partial charge < -0.3 is 5.11 Å². The highest BCUT2D eigenvalue weighted by molar-refractivity contribution is 7.92. The van der Waals surface area contributed by atoms with Crippen molar-refractivity contribution < 1.29 is 13.5 Å². The number of phenols is 1. The van der Waals surface area contributed by atoms with Crippen LogP contribution in [0.2, 0.25) is 0 Å². The molecule has 5 heteroatoms. The van der Waals surface area contributed by atoms with Crippen LogP contribution in [-0.2, 0) is 10.0 Å². The quantitative estimate of drug-likeness (QED) is 0.778. The number of sulfonamides is 1. The third kappa shape index (κ3) is 2.83. The summed E-state index contributed by atoms with van der Waals surface area (Å²) in [5.74, 6) is 0.0442. The molecule has 3 aromatic carbocycles. The number of phenolic OH excluding ortho intramolecular Hbond substituents is 1. The molecular weight excluding hydrogens is 322 g/mol. The van der Waals surface area contributed by atoms with Gasteiger partial charge in [0.15, 0.2) is 0 Å². The van der Waals surface area contributed by atoms with Gasteiger partial charge in [0.1, 0.15) is 5.75 Å². The molecule has 24 heavy (non-hydrogen) atoms. The van der Waals surface area contributed by atoms with E-state index in [9.17, 15) is 13.5 Å². The number of hydrogen-bond acceptors (Lipinski definition) is 3. The Kier molecular flexibility index (Phi) is 4.20. The molecule has 0 aliphatic rings. The van der Waals surface area contributed by atoms with Crippen LogP contribution >= 0.6 is 0 Å². The van der Waals surface area contributed by atoms with Crippen LogP contribution in [0.3, 0.4) is 0 Å². The first-order chi connectivity index (χ1) is 11.4. The van der Waals surface area contributed by atoms with E-state index in [1.54, 1.807) is 31.2 Å². The van der Waals surface area contributed by atoms with Crippen molar-refractivity contribution in [2.75, 3.05) is 10.8 Å². The lowest BCUT2D eigenvalue weighted by molar-refractivity contribution is 0.475. The smallest absolute Gasteiger partial charge is 0.264 e. The van der Waals surface area contributed by atoms with Gasteiger partial charge in [0.05, 0.1) is 10.6 Å². The summed E-state index contributed by atoms with van der Waals surface area (Å²) in [4.78, 5) is 0.241. The molecule has 0 saturated carbocycles. The molecule has 1 N–H and O–H groups in total. The molecule has 124 valence electrons. The average molecular weight is 341 g/mol. The van der Waals surface area contributed by atoms with Crippen LogP contribution in [0.15, 0.2) is 65.6 Å². The highest BCUT2D eigenvalue weighted by Crippen LogP contribution is 2.30. The van der Waals surface area contributed by atoms with E-state index in [0.717, 1.165) is 16.3 Å². The third-order valence-electron chi connectivity index (χ3n) is 4.06. The van der Waals surface area contributed by atoms with Crippen molar-refractivity contribution in [1.82, 2.24) is 0 Å². The summed E-state index contributed by atoms with van der Waals surface area (Å²) in [5, 5.41) is 11.6. The standard InChI is InChI=1S/C19H19NO3S/c1-3-20(19-13-17(21)10-8-14(19)2)24(22,23)18-11-9-15-6-4-5-7-16(15)12-18/h4-13,21H,3H2,1-2H3. The fourth-order valence-corrected chi connectivity index (χ4v) is 4.36. The van der Waals surface area contributed by atoms with Crippen molar-refractivity contribution >= 4 is 26.5 Å². The Morgan fingerprint density at radius 1 is 0.958 bits per heavy atom. The number of nitrogens with zero attached hydrogens (tertiary/aromatic N) is 1. The highest BCUT2D eigenvalue weighted by atomic mass is 32.2. The number of anilines is 1. The molecule has 3 aromatic rings. The summed E-state index contributed by atoms with van der Waals surface area (Å²) in [6, 6.07) is 17.5. The first-order valence-corrected chi connectivity index (χ1v) is 9.18. The zero-order valence-electron chi connectivity index (χ0n) is 13.6. The van der Waals surface area contributed by atoms with E-state index in [1.165, 1.54) is 10.4 Å². The molecule has 0 unspecified atom stereocenters. The van der Waals surface area contributed by atoms with Crippen LogP contribution < -0.4 is 4.31 Å². The van der Waals surface area contributed by atoms with E-state index in [4.69, 9.17) is 0 Å². The number of fused-ring (bicyclic) bond motifs is 1. The van der Waals surface area contributed by atoms with E-state index in [0.29, 0.717) is 5.69 Å². The minimum absolute atomic E-state index is 0.0442. The molecule has 0 amide bonds. The Hall–Kier alpha value is -2.53. The Balaban J connectivity index is 2.14. The molecular formula is C19H19NO3S. The van der Waals surface area contributed by atoms with Crippen LogP contribution in [-0.4, -0.2) is 20.1 Å². The minimum atomic E-state index is -3.71. The van der Waals surface area contributed by atoms with Gasteiger partial charge in [0, 0.05) is 12.6 Å². The van der Waals surface area contributed by atoms with E-state index in [-0.39, 0.29) is 17.2 Å². The second-order valence-corrected chi connectivity index (χ2v) is 7.51. The largest absolute Gasteiger partial charge is 0.508 e. The summed E-state index contributed by atoms with van der Waals surface area (Å²) in [5.41, 5.74) is 1.28. The van der Waals surface area contributed by atoms with Gasteiger partial charge in [-0.1, -0.05) is 36.4 Å². The maximum atomic E-state index is 13.1. The summed E-state index contributed by atoms with van der Waals surface area (Å²) in [7, 11) is -3.71. The van der Waals surface area contributed by atoms with Gasteiger partial charge in [-0.2, -0.15) is 0 Å². The van der Waals surface area contributed by atoms with Crippen molar-refractivity contribution in [1.29, 1.82) is 0 Å². The second-order valence-electron chi connectivity index (χ2n) is 5.65. The van der Waals surface area contributed by atoms with E-state index >= 15 is 0 Å². The predicted octanol–water partition coefficient (Wildman–Crippen LogP) is 4.07. The highest BCUT2D eigenvalue weighted by Gasteiger charge is 2.25. The summed E-state index contributed by atoms with van der Waals surface area (Å²) >= 11 is 0. The Labute approximate surface area is 142 Å². The first kappa shape index (κ1) is 16.3. The number of benzene rings is 3. The van der Waals surface area contributed by atoms with Crippen molar-refractivity contribution in [3.8, 4) is 5.75 Å². The van der Waals surface area contributed by atoms with E-state index in [1.807, 2.05) is 37.3 Å². The zero-order valence-corrected chi connectivity index (χ0v) is 14.4. The van der Waals surface area contributed by atoms with Crippen molar-refractivity contribution in [2.45, 2.75) is 18.7 Å². The monoisotopic (exact) mass is 341 g/mol. The molecule has 0 aliphatic heterocycles. The molecule has 3 rings (SSSR count). The van der Waals surface area contributed by atoms with Crippen molar-refractivity contribution in [2.24, 2.45) is 0 Å². The molecule has 0 aromatic heterocycles.